The van der Waals surface area contributed by atoms with E-state index >= 15 is 0 Å². The van der Waals surface area contributed by atoms with E-state index < -0.39 is 28.0 Å². The Morgan fingerprint density at radius 3 is 2.26 bits per heavy atom. The zero-order chi connectivity index (χ0) is 20.2. The minimum Gasteiger partial charge on any atom is -0.370 e. The molecule has 0 fully saturated rings. The number of aryl methyl sites for hydroxylation is 1. The van der Waals surface area contributed by atoms with Crippen LogP contribution in [0.2, 0.25) is 0 Å². The van der Waals surface area contributed by atoms with Gasteiger partial charge in [-0.25, -0.2) is 17.5 Å². The fourth-order valence-corrected chi connectivity index (χ4v) is 3.61. The van der Waals surface area contributed by atoms with Crippen molar-refractivity contribution in [2.45, 2.75) is 17.9 Å². The van der Waals surface area contributed by atoms with Gasteiger partial charge in [0.15, 0.2) is 0 Å². The highest BCUT2D eigenvalue weighted by Crippen LogP contribution is 2.26. The van der Waals surface area contributed by atoms with E-state index in [-0.39, 0.29) is 4.90 Å². The van der Waals surface area contributed by atoms with Gasteiger partial charge in [0.05, 0.1) is 4.90 Å². The lowest BCUT2D eigenvalue weighted by Gasteiger charge is -2.21. The summed E-state index contributed by atoms with van der Waals surface area (Å²) in [5, 5.41) is 5.02. The number of carbonyl (C=O) groups excluding carboxylic acids is 2. The number of urea groups is 1. The Morgan fingerprint density at radius 2 is 1.70 bits per heavy atom. The average Bonchev–Trinajstić information content (AvgIpc) is 2.60. The summed E-state index contributed by atoms with van der Waals surface area (Å²) < 4.78 is 26.1. The molecule has 0 aliphatic rings. The highest BCUT2D eigenvalue weighted by molar-refractivity contribution is 7.89. The fourth-order valence-electron chi connectivity index (χ4n) is 2.47. The molecule has 0 saturated carbocycles. The molecule has 27 heavy (non-hydrogen) atoms. The van der Waals surface area contributed by atoms with Gasteiger partial charge in [-0.15, -0.1) is 0 Å². The smallest absolute Gasteiger partial charge is 0.318 e. The molecule has 0 unspecified atom stereocenters. The molecule has 2 aromatic rings. The van der Waals surface area contributed by atoms with E-state index in [1.54, 1.807) is 49.4 Å². The van der Waals surface area contributed by atoms with Gasteiger partial charge in [0.1, 0.15) is 6.04 Å². The first-order valence-electron chi connectivity index (χ1n) is 8.08. The van der Waals surface area contributed by atoms with Crippen molar-refractivity contribution in [2.75, 3.05) is 19.4 Å². The summed E-state index contributed by atoms with van der Waals surface area (Å²) in [4.78, 5) is 23.6. The molecule has 0 aliphatic heterocycles. The van der Waals surface area contributed by atoms with Crippen LogP contribution in [0.4, 0.5) is 10.5 Å². The molecule has 1 atom stereocenters. The van der Waals surface area contributed by atoms with Crippen LogP contribution in [-0.4, -0.2) is 38.8 Å². The number of primary amides is 1. The number of hydrogen-bond acceptors (Lipinski definition) is 5. The normalized spacial score (nSPS) is 12.4. The lowest BCUT2D eigenvalue weighted by Crippen LogP contribution is -2.40. The van der Waals surface area contributed by atoms with Crippen LogP contribution in [0.15, 0.2) is 53.4 Å². The van der Waals surface area contributed by atoms with Crippen LogP contribution < -0.4 is 16.4 Å². The van der Waals surface area contributed by atoms with Crippen LogP contribution >= 0.6 is 0 Å². The number of rotatable bonds is 6. The molecule has 0 bridgehead atoms. The molecular weight excluding hydrogens is 368 g/mol. The summed E-state index contributed by atoms with van der Waals surface area (Å²) in [5.41, 5.74) is 6.63. The molecule has 8 nitrogen and oxygen atoms in total. The number of sulfonamides is 1. The number of imide groups is 1. The standard InChI is InChI=1S/C18H22N4O4S/c1-12-9-10-14(11-15(12)27(25,26)22(2)3)20-16(17(23)21-18(19)24)13-7-5-4-6-8-13/h4-11,16,20H,1-3H3,(H3,19,21,23,24)/t16-/m1/s1. The summed E-state index contributed by atoms with van der Waals surface area (Å²) >= 11 is 0. The molecule has 0 saturated heterocycles. The van der Waals surface area contributed by atoms with Gasteiger partial charge in [-0.2, -0.15) is 0 Å². The van der Waals surface area contributed by atoms with E-state index in [4.69, 9.17) is 5.73 Å². The van der Waals surface area contributed by atoms with Gasteiger partial charge in [-0.3, -0.25) is 10.1 Å². The van der Waals surface area contributed by atoms with E-state index in [0.717, 1.165) is 4.31 Å². The Kier molecular flexibility index (Phi) is 6.19. The lowest BCUT2D eigenvalue weighted by molar-refractivity contribution is -0.120. The summed E-state index contributed by atoms with van der Waals surface area (Å²) in [6.45, 7) is 1.69. The van der Waals surface area contributed by atoms with E-state index in [1.807, 2.05) is 5.32 Å². The predicted octanol–water partition coefficient (Wildman–Crippen LogP) is 1.59. The van der Waals surface area contributed by atoms with Gasteiger partial charge in [0.2, 0.25) is 10.0 Å². The Morgan fingerprint density at radius 1 is 1.07 bits per heavy atom. The topological polar surface area (TPSA) is 122 Å². The molecule has 0 heterocycles. The molecule has 144 valence electrons. The highest BCUT2D eigenvalue weighted by Gasteiger charge is 2.24. The van der Waals surface area contributed by atoms with Crippen molar-refractivity contribution in [3.63, 3.8) is 0 Å². The SMILES string of the molecule is Cc1ccc(N[C@@H](C(=O)NC(N)=O)c2ccccc2)cc1S(=O)(=O)N(C)C. The van der Waals surface area contributed by atoms with Crippen molar-refractivity contribution in [3.05, 3.63) is 59.7 Å². The predicted molar refractivity (Wildman–Crippen MR) is 103 cm³/mol. The Labute approximate surface area is 158 Å². The average molecular weight is 390 g/mol. The van der Waals surface area contributed by atoms with Crippen LogP contribution in [0.1, 0.15) is 17.2 Å². The number of nitrogens with zero attached hydrogens (tertiary/aromatic N) is 1. The van der Waals surface area contributed by atoms with Gasteiger partial charge in [-0.05, 0) is 30.2 Å². The number of hydrogen-bond donors (Lipinski definition) is 3. The monoisotopic (exact) mass is 390 g/mol. The minimum atomic E-state index is -3.65. The van der Waals surface area contributed by atoms with Crippen LogP contribution in [0, 0.1) is 6.92 Å². The quantitative estimate of drug-likeness (QED) is 0.691. The van der Waals surface area contributed by atoms with Crippen molar-refractivity contribution in [3.8, 4) is 0 Å². The van der Waals surface area contributed by atoms with E-state index in [1.165, 1.54) is 20.2 Å². The molecule has 0 radical (unpaired) electrons. The summed E-state index contributed by atoms with van der Waals surface area (Å²) in [5.74, 6) is -0.647. The Hall–Kier alpha value is -2.91. The number of amides is 3. The molecule has 9 heteroatoms. The zero-order valence-electron chi connectivity index (χ0n) is 15.3. The number of carbonyl (C=O) groups is 2. The lowest BCUT2D eigenvalue weighted by atomic mass is 10.1. The van der Waals surface area contributed by atoms with Crippen molar-refractivity contribution in [1.82, 2.24) is 9.62 Å². The van der Waals surface area contributed by atoms with E-state index in [0.29, 0.717) is 16.8 Å². The highest BCUT2D eigenvalue weighted by atomic mass is 32.2. The summed E-state index contributed by atoms with van der Waals surface area (Å²) in [6.07, 6.45) is 0. The summed E-state index contributed by atoms with van der Waals surface area (Å²) in [6, 6.07) is 11.6. The molecule has 0 aromatic heterocycles. The number of benzene rings is 2. The molecule has 4 N–H and O–H groups in total. The first kappa shape index (κ1) is 20.4. The van der Waals surface area contributed by atoms with E-state index in [9.17, 15) is 18.0 Å². The largest absolute Gasteiger partial charge is 0.370 e. The van der Waals surface area contributed by atoms with Gasteiger partial charge >= 0.3 is 6.03 Å². The van der Waals surface area contributed by atoms with Crippen LogP contribution in [0.3, 0.4) is 0 Å². The maximum Gasteiger partial charge on any atom is 0.318 e. The zero-order valence-corrected chi connectivity index (χ0v) is 16.1. The third kappa shape index (κ3) is 4.83. The molecular formula is C18H22N4O4S. The van der Waals surface area contributed by atoms with Gasteiger partial charge in [0.25, 0.3) is 5.91 Å². The van der Waals surface area contributed by atoms with Gasteiger partial charge in [0, 0.05) is 19.8 Å². The maximum atomic E-state index is 12.5. The van der Waals surface area contributed by atoms with Crippen molar-refractivity contribution < 1.29 is 18.0 Å². The third-order valence-electron chi connectivity index (χ3n) is 3.90. The Bertz CT molecular complexity index is 943. The molecule has 2 aromatic carbocycles. The molecule has 0 aliphatic carbocycles. The summed E-state index contributed by atoms with van der Waals surface area (Å²) in [7, 11) is -0.758. The van der Waals surface area contributed by atoms with Gasteiger partial charge < -0.3 is 11.1 Å². The first-order valence-corrected chi connectivity index (χ1v) is 9.52. The number of nitrogens with two attached hydrogens (primary N) is 1. The van der Waals surface area contributed by atoms with Crippen LogP contribution in [-0.2, 0) is 14.8 Å². The molecule has 0 spiro atoms. The maximum absolute atomic E-state index is 12.5. The first-order chi connectivity index (χ1) is 12.6. The second kappa shape index (κ2) is 8.19. The van der Waals surface area contributed by atoms with E-state index in [2.05, 4.69) is 5.32 Å². The molecule has 3 amide bonds. The Balaban J connectivity index is 2.44. The minimum absolute atomic E-state index is 0.125. The third-order valence-corrected chi connectivity index (χ3v) is 5.86. The number of anilines is 1. The molecule has 2 rings (SSSR count). The van der Waals surface area contributed by atoms with Crippen LogP contribution in [0.5, 0.6) is 0 Å². The van der Waals surface area contributed by atoms with Crippen molar-refractivity contribution in [2.24, 2.45) is 5.73 Å². The van der Waals surface area contributed by atoms with Crippen LogP contribution in [0.25, 0.3) is 0 Å². The second-order valence-corrected chi connectivity index (χ2v) is 8.23. The van der Waals surface area contributed by atoms with Crippen molar-refractivity contribution >= 4 is 27.6 Å². The van der Waals surface area contributed by atoms with Crippen molar-refractivity contribution in [1.29, 1.82) is 0 Å². The second-order valence-electron chi connectivity index (χ2n) is 6.11. The van der Waals surface area contributed by atoms with Gasteiger partial charge in [-0.1, -0.05) is 36.4 Å². The fraction of sp³-hybridized carbons (Fsp3) is 0.222. The number of nitrogens with one attached hydrogen (secondary N) is 2.